The highest BCUT2D eigenvalue weighted by Gasteiger charge is 2.29. The molecule has 0 aromatic carbocycles. The molecule has 0 aliphatic carbocycles. The van der Waals surface area contributed by atoms with Crippen LogP contribution in [0.25, 0.3) is 0 Å². The third-order valence-electron chi connectivity index (χ3n) is 6.48. The van der Waals surface area contributed by atoms with Crippen molar-refractivity contribution in [1.29, 1.82) is 0 Å². The maximum atomic E-state index is 11.9. The van der Waals surface area contributed by atoms with Crippen molar-refractivity contribution in [2.24, 2.45) is 10.8 Å². The van der Waals surface area contributed by atoms with E-state index in [2.05, 4.69) is 0 Å². The van der Waals surface area contributed by atoms with Crippen LogP contribution in [-0.2, 0) is 23.8 Å². The average Bonchev–Trinajstić information content (AvgIpc) is 2.75. The highest BCUT2D eigenvalue weighted by atomic mass is 16.5. The minimum absolute atomic E-state index is 0.115. The molecule has 196 valence electrons. The van der Waals surface area contributed by atoms with Crippen molar-refractivity contribution in [3.8, 4) is 0 Å². The molecule has 6 nitrogen and oxygen atoms in total. The predicted molar refractivity (Wildman–Crippen MR) is 133 cm³/mol. The molecule has 2 atom stereocenters. The maximum Gasteiger partial charge on any atom is 0.311 e. The fourth-order valence-electron chi connectivity index (χ4n) is 4.05. The summed E-state index contributed by atoms with van der Waals surface area (Å²) in [5.74, 6) is -0.235. The number of methoxy groups -OCH3 is 1. The number of hydrogen-bond acceptors (Lipinski definition) is 6. The molecule has 0 fully saturated rings. The number of carbonyl (C=O) groups excluding carboxylic acids is 2. The van der Waals surface area contributed by atoms with E-state index in [1.165, 1.54) is 0 Å². The molecule has 0 aliphatic heterocycles. The van der Waals surface area contributed by atoms with E-state index in [-0.39, 0.29) is 18.0 Å². The van der Waals surface area contributed by atoms with Crippen molar-refractivity contribution < 1.29 is 28.9 Å². The standard InChI is InChI=1S/C27H52O6/c1-8-32-24(29)26(3,4)20-16-12-10-14-18-22(28)23(31-7)19-15-11-13-17-21-27(5,6)25(30)33-9-2/h22-23,28H,8-21H2,1-7H3/t22-,23-/m0/s1. The zero-order valence-corrected chi connectivity index (χ0v) is 22.5. The molecule has 0 saturated carbocycles. The lowest BCUT2D eigenvalue weighted by Gasteiger charge is -2.23. The fourth-order valence-corrected chi connectivity index (χ4v) is 4.05. The van der Waals surface area contributed by atoms with Gasteiger partial charge in [-0.25, -0.2) is 0 Å². The molecule has 0 amide bonds. The van der Waals surface area contributed by atoms with Crippen LogP contribution >= 0.6 is 0 Å². The minimum atomic E-state index is -0.436. The molecule has 0 aromatic rings. The Hall–Kier alpha value is -1.14. The van der Waals surface area contributed by atoms with E-state index in [1.807, 2.05) is 41.5 Å². The van der Waals surface area contributed by atoms with Gasteiger partial charge in [-0.3, -0.25) is 9.59 Å². The van der Waals surface area contributed by atoms with E-state index < -0.39 is 16.9 Å². The second kappa shape index (κ2) is 17.3. The number of ether oxygens (including phenoxy) is 3. The Morgan fingerprint density at radius 1 is 0.697 bits per heavy atom. The van der Waals surface area contributed by atoms with Gasteiger partial charge in [-0.2, -0.15) is 0 Å². The summed E-state index contributed by atoms with van der Waals surface area (Å²) in [7, 11) is 1.67. The van der Waals surface area contributed by atoms with Crippen LogP contribution in [0.5, 0.6) is 0 Å². The Bertz CT molecular complexity index is 529. The number of aliphatic hydroxyl groups is 1. The largest absolute Gasteiger partial charge is 0.466 e. The monoisotopic (exact) mass is 472 g/mol. The first kappa shape index (κ1) is 31.9. The third-order valence-corrected chi connectivity index (χ3v) is 6.48. The lowest BCUT2D eigenvalue weighted by molar-refractivity contribution is -0.154. The Morgan fingerprint density at radius 2 is 1.09 bits per heavy atom. The zero-order chi connectivity index (χ0) is 25.3. The van der Waals surface area contributed by atoms with Crippen molar-refractivity contribution in [2.75, 3.05) is 20.3 Å². The molecule has 33 heavy (non-hydrogen) atoms. The molecule has 6 heteroatoms. The molecule has 0 saturated heterocycles. The van der Waals surface area contributed by atoms with E-state index in [9.17, 15) is 14.7 Å². The molecular weight excluding hydrogens is 420 g/mol. The van der Waals surface area contributed by atoms with Gasteiger partial charge >= 0.3 is 11.9 Å². The first-order chi connectivity index (χ1) is 15.5. The van der Waals surface area contributed by atoms with Gasteiger partial charge in [0.25, 0.3) is 0 Å². The predicted octanol–water partition coefficient (Wildman–Crippen LogP) is 6.22. The molecule has 0 heterocycles. The number of rotatable bonds is 20. The molecule has 1 N–H and O–H groups in total. The lowest BCUT2D eigenvalue weighted by Crippen LogP contribution is -2.28. The van der Waals surface area contributed by atoms with E-state index in [4.69, 9.17) is 14.2 Å². The van der Waals surface area contributed by atoms with Crippen LogP contribution in [-0.4, -0.2) is 49.6 Å². The summed E-state index contributed by atoms with van der Waals surface area (Å²) < 4.78 is 15.8. The van der Waals surface area contributed by atoms with Crippen molar-refractivity contribution >= 4 is 11.9 Å². The van der Waals surface area contributed by atoms with E-state index in [1.54, 1.807) is 7.11 Å². The maximum absolute atomic E-state index is 11.9. The third kappa shape index (κ3) is 14.0. The first-order valence-corrected chi connectivity index (χ1v) is 13.1. The average molecular weight is 473 g/mol. The number of unbranched alkanes of at least 4 members (excludes halogenated alkanes) is 6. The Kier molecular flexibility index (Phi) is 16.7. The van der Waals surface area contributed by atoms with Crippen LogP contribution in [0.4, 0.5) is 0 Å². The van der Waals surface area contributed by atoms with Crippen molar-refractivity contribution in [3.05, 3.63) is 0 Å². The second-order valence-electron chi connectivity index (χ2n) is 10.5. The van der Waals surface area contributed by atoms with Crippen molar-refractivity contribution in [3.63, 3.8) is 0 Å². The molecule has 0 spiro atoms. The van der Waals surface area contributed by atoms with Crippen molar-refractivity contribution in [2.45, 2.75) is 131 Å². The van der Waals surface area contributed by atoms with Gasteiger partial charge in [0.2, 0.25) is 0 Å². The molecular formula is C27H52O6. The van der Waals surface area contributed by atoms with Crippen LogP contribution in [0, 0.1) is 10.8 Å². The smallest absolute Gasteiger partial charge is 0.311 e. The van der Waals surface area contributed by atoms with E-state index in [0.717, 1.165) is 77.0 Å². The van der Waals surface area contributed by atoms with Crippen LogP contribution < -0.4 is 0 Å². The molecule has 0 aromatic heterocycles. The van der Waals surface area contributed by atoms with Gasteiger partial charge in [-0.05, 0) is 67.2 Å². The number of carbonyl (C=O) groups is 2. The molecule has 0 bridgehead atoms. The minimum Gasteiger partial charge on any atom is -0.466 e. The first-order valence-electron chi connectivity index (χ1n) is 13.1. The normalized spacial score (nSPS) is 14.1. The molecule has 0 radical (unpaired) electrons. The van der Waals surface area contributed by atoms with E-state index >= 15 is 0 Å². The molecule has 0 unspecified atom stereocenters. The number of aliphatic hydroxyl groups excluding tert-OH is 1. The van der Waals surface area contributed by atoms with Crippen LogP contribution in [0.1, 0.15) is 119 Å². The van der Waals surface area contributed by atoms with Gasteiger partial charge < -0.3 is 19.3 Å². The summed E-state index contributed by atoms with van der Waals surface area (Å²) in [5, 5.41) is 10.5. The highest BCUT2D eigenvalue weighted by molar-refractivity contribution is 5.76. The molecule has 0 aliphatic rings. The highest BCUT2D eigenvalue weighted by Crippen LogP contribution is 2.27. The van der Waals surface area contributed by atoms with Gasteiger partial charge in [-0.15, -0.1) is 0 Å². The van der Waals surface area contributed by atoms with Crippen LogP contribution in [0.2, 0.25) is 0 Å². The van der Waals surface area contributed by atoms with Gasteiger partial charge in [-0.1, -0.05) is 51.4 Å². The fraction of sp³-hybridized carbons (Fsp3) is 0.926. The van der Waals surface area contributed by atoms with Gasteiger partial charge in [0.15, 0.2) is 0 Å². The number of hydrogen-bond donors (Lipinski definition) is 1. The summed E-state index contributed by atoms with van der Waals surface area (Å²) in [5.41, 5.74) is -0.846. The SMILES string of the molecule is CCOC(=O)C(C)(C)CCCCCC[C@H](OC)[C@@H](O)CCCCCCC(C)(C)C(=O)OCC. The second-order valence-corrected chi connectivity index (χ2v) is 10.5. The summed E-state index contributed by atoms with van der Waals surface area (Å²) in [4.78, 5) is 23.9. The molecule has 0 rings (SSSR count). The Labute approximate surface area is 203 Å². The summed E-state index contributed by atoms with van der Waals surface area (Å²) in [6.45, 7) is 12.3. The zero-order valence-electron chi connectivity index (χ0n) is 22.5. The van der Waals surface area contributed by atoms with Gasteiger partial charge in [0.05, 0.1) is 36.3 Å². The quantitative estimate of drug-likeness (QED) is 0.167. The van der Waals surface area contributed by atoms with Gasteiger partial charge in [0.1, 0.15) is 0 Å². The van der Waals surface area contributed by atoms with Crippen molar-refractivity contribution in [1.82, 2.24) is 0 Å². The topological polar surface area (TPSA) is 82.1 Å². The Morgan fingerprint density at radius 3 is 1.48 bits per heavy atom. The lowest BCUT2D eigenvalue weighted by atomic mass is 9.86. The van der Waals surface area contributed by atoms with E-state index in [0.29, 0.717) is 13.2 Å². The summed E-state index contributed by atoms with van der Waals surface area (Å²) in [6, 6.07) is 0. The van der Waals surface area contributed by atoms with Crippen LogP contribution in [0.15, 0.2) is 0 Å². The van der Waals surface area contributed by atoms with Crippen LogP contribution in [0.3, 0.4) is 0 Å². The summed E-state index contributed by atoms with van der Waals surface area (Å²) in [6.07, 6.45) is 10.9. The van der Waals surface area contributed by atoms with Gasteiger partial charge in [0, 0.05) is 7.11 Å². The Balaban J connectivity index is 3.96. The summed E-state index contributed by atoms with van der Waals surface area (Å²) >= 11 is 0. The number of esters is 2.